The van der Waals surface area contributed by atoms with Crippen LogP contribution < -0.4 is 10.6 Å². The number of aromatic nitrogens is 3. The molecule has 0 bridgehead atoms. The van der Waals surface area contributed by atoms with Gasteiger partial charge in [0.25, 0.3) is 5.91 Å². The minimum atomic E-state index is -0.476. The van der Waals surface area contributed by atoms with Gasteiger partial charge < -0.3 is 10.6 Å². The lowest BCUT2D eigenvalue weighted by Crippen LogP contribution is -2.19. The van der Waals surface area contributed by atoms with Crippen molar-refractivity contribution in [3.05, 3.63) is 23.9 Å². The van der Waals surface area contributed by atoms with Gasteiger partial charge in [0, 0.05) is 19.3 Å². The van der Waals surface area contributed by atoms with Crippen LogP contribution in [0.25, 0.3) is 5.65 Å². The van der Waals surface area contributed by atoms with Crippen molar-refractivity contribution in [2.24, 2.45) is 5.73 Å². The molecule has 6 heteroatoms. The zero-order chi connectivity index (χ0) is 11.8. The van der Waals surface area contributed by atoms with E-state index in [1.807, 2.05) is 0 Å². The highest BCUT2D eigenvalue weighted by Gasteiger charge is 2.18. The Hall–Kier alpha value is -2.11. The first-order valence-electron chi connectivity index (χ1n) is 5.66. The Balaban J connectivity index is 2.11. The van der Waals surface area contributed by atoms with E-state index in [0.717, 1.165) is 25.9 Å². The third-order valence-electron chi connectivity index (χ3n) is 3.01. The number of pyridine rings is 1. The molecule has 2 aromatic rings. The van der Waals surface area contributed by atoms with E-state index in [9.17, 15) is 4.79 Å². The van der Waals surface area contributed by atoms with Crippen molar-refractivity contribution in [3.8, 4) is 0 Å². The van der Waals surface area contributed by atoms with Crippen LogP contribution in [-0.2, 0) is 0 Å². The van der Waals surface area contributed by atoms with Crippen LogP contribution in [0.3, 0.4) is 0 Å². The summed E-state index contributed by atoms with van der Waals surface area (Å²) < 4.78 is 1.60. The average molecular weight is 231 g/mol. The van der Waals surface area contributed by atoms with Crippen molar-refractivity contribution in [2.45, 2.75) is 12.8 Å². The summed E-state index contributed by atoms with van der Waals surface area (Å²) in [5.41, 5.74) is 6.25. The van der Waals surface area contributed by atoms with Gasteiger partial charge in [-0.05, 0) is 25.0 Å². The number of carbonyl (C=O) groups excluding carboxylic acids is 1. The Bertz CT molecular complexity index is 570. The number of anilines is 1. The van der Waals surface area contributed by atoms with Crippen molar-refractivity contribution in [1.29, 1.82) is 0 Å². The van der Waals surface area contributed by atoms with Crippen LogP contribution in [0.4, 0.5) is 5.95 Å². The number of amides is 1. The largest absolute Gasteiger partial charge is 0.365 e. The number of fused-ring (bicyclic) bond motifs is 1. The van der Waals surface area contributed by atoms with E-state index in [2.05, 4.69) is 15.0 Å². The molecule has 0 atom stereocenters. The number of rotatable bonds is 2. The quantitative estimate of drug-likeness (QED) is 0.813. The van der Waals surface area contributed by atoms with Gasteiger partial charge in [-0.15, -0.1) is 5.10 Å². The first-order valence-corrected chi connectivity index (χ1v) is 5.66. The van der Waals surface area contributed by atoms with Crippen molar-refractivity contribution in [3.63, 3.8) is 0 Å². The fraction of sp³-hybridized carbons (Fsp3) is 0.364. The molecule has 88 valence electrons. The van der Waals surface area contributed by atoms with Crippen LogP contribution in [0.1, 0.15) is 23.2 Å². The Morgan fingerprint density at radius 3 is 2.82 bits per heavy atom. The first kappa shape index (κ1) is 10.1. The van der Waals surface area contributed by atoms with E-state index in [1.54, 1.807) is 22.8 Å². The van der Waals surface area contributed by atoms with Gasteiger partial charge in [-0.3, -0.25) is 4.79 Å². The van der Waals surface area contributed by atoms with Gasteiger partial charge in [-0.25, -0.2) is 4.52 Å². The molecule has 1 saturated heterocycles. The molecule has 0 aliphatic carbocycles. The number of hydrogen-bond acceptors (Lipinski definition) is 4. The smallest absolute Gasteiger partial charge is 0.252 e. The second kappa shape index (κ2) is 3.73. The summed E-state index contributed by atoms with van der Waals surface area (Å²) in [6.07, 6.45) is 4.10. The zero-order valence-electron chi connectivity index (χ0n) is 9.33. The molecule has 3 rings (SSSR count). The van der Waals surface area contributed by atoms with E-state index in [1.165, 1.54) is 0 Å². The number of carbonyl (C=O) groups is 1. The predicted molar refractivity (Wildman–Crippen MR) is 63.0 cm³/mol. The van der Waals surface area contributed by atoms with E-state index < -0.39 is 5.91 Å². The monoisotopic (exact) mass is 231 g/mol. The summed E-state index contributed by atoms with van der Waals surface area (Å²) in [5, 5.41) is 4.36. The molecular formula is C11H13N5O. The Morgan fingerprint density at radius 2 is 2.12 bits per heavy atom. The Morgan fingerprint density at radius 1 is 1.35 bits per heavy atom. The molecular weight excluding hydrogens is 218 g/mol. The van der Waals surface area contributed by atoms with Crippen LogP contribution in [0.2, 0.25) is 0 Å². The molecule has 6 nitrogen and oxygen atoms in total. The number of hydrogen-bond donors (Lipinski definition) is 1. The lowest BCUT2D eigenvalue weighted by atomic mass is 10.2. The minimum absolute atomic E-state index is 0.408. The Kier molecular flexibility index (Phi) is 2.21. The maximum absolute atomic E-state index is 11.3. The van der Waals surface area contributed by atoms with E-state index in [-0.39, 0.29) is 0 Å². The van der Waals surface area contributed by atoms with Crippen molar-refractivity contribution in [2.75, 3.05) is 18.0 Å². The summed E-state index contributed by atoms with van der Waals surface area (Å²) in [5.74, 6) is 0.201. The summed E-state index contributed by atoms with van der Waals surface area (Å²) in [7, 11) is 0. The maximum Gasteiger partial charge on any atom is 0.252 e. The molecule has 17 heavy (non-hydrogen) atoms. The zero-order valence-corrected chi connectivity index (χ0v) is 9.33. The second-order valence-electron chi connectivity index (χ2n) is 4.16. The van der Waals surface area contributed by atoms with Crippen molar-refractivity contribution < 1.29 is 4.79 Å². The summed E-state index contributed by atoms with van der Waals surface area (Å²) in [4.78, 5) is 17.8. The molecule has 1 fully saturated rings. The minimum Gasteiger partial charge on any atom is -0.365 e. The molecule has 0 spiro atoms. The molecule has 1 amide bonds. The molecule has 0 saturated carbocycles. The van der Waals surface area contributed by atoms with E-state index >= 15 is 0 Å². The van der Waals surface area contributed by atoms with Crippen LogP contribution in [0, 0.1) is 0 Å². The van der Waals surface area contributed by atoms with Crippen LogP contribution in [0.5, 0.6) is 0 Å². The number of nitrogens with two attached hydrogens (primary N) is 1. The lowest BCUT2D eigenvalue weighted by Gasteiger charge is -2.10. The standard InChI is InChI=1S/C11H13N5O/c12-9(17)8-4-3-7-16-10(8)13-11(14-16)15-5-1-2-6-15/h3-4,7H,1-2,5-6H2,(H2,12,17). The first-order chi connectivity index (χ1) is 8.25. The van der Waals surface area contributed by atoms with E-state index in [0.29, 0.717) is 17.2 Å². The van der Waals surface area contributed by atoms with Gasteiger partial charge in [0.1, 0.15) is 0 Å². The van der Waals surface area contributed by atoms with Gasteiger partial charge in [0.05, 0.1) is 5.56 Å². The lowest BCUT2D eigenvalue weighted by molar-refractivity contribution is 0.100. The fourth-order valence-electron chi connectivity index (χ4n) is 2.14. The fourth-order valence-corrected chi connectivity index (χ4v) is 2.14. The van der Waals surface area contributed by atoms with Crippen molar-refractivity contribution >= 4 is 17.5 Å². The van der Waals surface area contributed by atoms with Gasteiger partial charge in [0.2, 0.25) is 5.95 Å². The molecule has 2 aromatic heterocycles. The molecule has 1 aliphatic rings. The van der Waals surface area contributed by atoms with Crippen molar-refractivity contribution in [1.82, 2.24) is 14.6 Å². The highest BCUT2D eigenvalue weighted by molar-refractivity contribution is 5.98. The second-order valence-corrected chi connectivity index (χ2v) is 4.16. The van der Waals surface area contributed by atoms with Gasteiger partial charge in [-0.1, -0.05) is 0 Å². The third-order valence-corrected chi connectivity index (χ3v) is 3.01. The number of primary amides is 1. The normalized spacial score (nSPS) is 15.6. The molecule has 1 aliphatic heterocycles. The summed E-state index contributed by atoms with van der Waals surface area (Å²) >= 11 is 0. The highest BCUT2D eigenvalue weighted by Crippen LogP contribution is 2.18. The number of nitrogens with zero attached hydrogens (tertiary/aromatic N) is 4. The third kappa shape index (κ3) is 1.61. The van der Waals surface area contributed by atoms with Gasteiger partial charge >= 0.3 is 0 Å². The van der Waals surface area contributed by atoms with Crippen LogP contribution in [-0.4, -0.2) is 33.6 Å². The van der Waals surface area contributed by atoms with Crippen LogP contribution >= 0.6 is 0 Å². The molecule has 0 aromatic carbocycles. The molecule has 2 N–H and O–H groups in total. The molecule has 0 radical (unpaired) electrons. The maximum atomic E-state index is 11.3. The Labute approximate surface area is 98.0 Å². The SMILES string of the molecule is NC(=O)c1cccn2nc(N3CCCC3)nc12. The summed E-state index contributed by atoms with van der Waals surface area (Å²) in [6, 6.07) is 3.41. The van der Waals surface area contributed by atoms with Gasteiger partial charge in [-0.2, -0.15) is 4.98 Å². The average Bonchev–Trinajstić information content (AvgIpc) is 2.96. The summed E-state index contributed by atoms with van der Waals surface area (Å²) in [6.45, 7) is 1.95. The molecule has 0 unspecified atom stereocenters. The predicted octanol–water partition coefficient (Wildman–Crippen LogP) is 0.428. The highest BCUT2D eigenvalue weighted by atomic mass is 16.1. The topological polar surface area (TPSA) is 76.5 Å². The van der Waals surface area contributed by atoms with E-state index in [4.69, 9.17) is 5.73 Å². The van der Waals surface area contributed by atoms with Gasteiger partial charge in [0.15, 0.2) is 5.65 Å². The van der Waals surface area contributed by atoms with Crippen LogP contribution in [0.15, 0.2) is 18.3 Å². The molecule has 3 heterocycles.